The summed E-state index contributed by atoms with van der Waals surface area (Å²) in [6, 6.07) is 7.41. The fraction of sp³-hybridized carbons (Fsp3) is 0.0909. The molecular weight excluding hydrogens is 421 g/mol. The number of nitriles is 3. The zero-order valence-corrected chi connectivity index (χ0v) is 15.9. The van der Waals surface area contributed by atoms with E-state index in [1.54, 1.807) is 12.1 Å². The minimum atomic E-state index is -5.21. The molecular formula is C22H5F3N6O. The second-order valence-corrected chi connectivity index (χ2v) is 6.29. The number of nitrogens with zero attached hydrogens (tertiary/aromatic N) is 6. The SMILES string of the molecule is [C-]#[N+]C1=C(C)/C(=C(/C#N)[N+]#[C-])c2cc3c(cc21)C(C#N)=C(OC(F)(F)F)/C3=C(\C#N)[N+]#[C-]. The molecule has 1 aromatic rings. The molecule has 0 saturated heterocycles. The van der Waals surface area contributed by atoms with Crippen LogP contribution in [0.1, 0.15) is 29.2 Å². The molecule has 150 valence electrons. The molecule has 0 N–H and O–H groups in total. The molecule has 0 aliphatic heterocycles. The number of halogens is 3. The van der Waals surface area contributed by atoms with E-state index in [-0.39, 0.29) is 39.2 Å². The molecule has 0 spiro atoms. The molecule has 2 aliphatic carbocycles. The van der Waals surface area contributed by atoms with Crippen molar-refractivity contribution in [1.82, 2.24) is 0 Å². The van der Waals surface area contributed by atoms with Gasteiger partial charge in [0.2, 0.25) is 0 Å². The molecule has 1 aromatic carbocycles. The van der Waals surface area contributed by atoms with Gasteiger partial charge >= 0.3 is 6.36 Å². The molecule has 32 heavy (non-hydrogen) atoms. The standard InChI is InChI=1S/C22H5F3N6O/c1-10-18(16(8-27)29-2)13-6-12-11(5-14(13)20(10)31-4)15(7-26)21(32-22(23,24)25)19(12)17(9-28)30-3/h5-6H,1H3/b18-16+,19-17+. The Kier molecular flexibility index (Phi) is 5.03. The van der Waals surface area contributed by atoms with Gasteiger partial charge in [-0.3, -0.25) is 0 Å². The van der Waals surface area contributed by atoms with Gasteiger partial charge in [-0.1, -0.05) is 6.07 Å². The van der Waals surface area contributed by atoms with Crippen LogP contribution in [0.4, 0.5) is 13.2 Å². The molecule has 0 amide bonds. The van der Waals surface area contributed by atoms with Crippen LogP contribution in [0.15, 0.2) is 34.9 Å². The zero-order valence-electron chi connectivity index (χ0n) is 15.9. The Hall–Kier alpha value is -5.29. The van der Waals surface area contributed by atoms with Gasteiger partial charge < -0.3 is 4.74 Å². The summed E-state index contributed by atoms with van der Waals surface area (Å²) in [5, 5.41) is 28.2. The first-order valence-corrected chi connectivity index (χ1v) is 8.39. The number of alkyl halides is 3. The van der Waals surface area contributed by atoms with E-state index in [2.05, 4.69) is 19.3 Å². The summed E-state index contributed by atoms with van der Waals surface area (Å²) < 4.78 is 43.3. The van der Waals surface area contributed by atoms with Gasteiger partial charge in [0.05, 0.1) is 31.9 Å². The number of ether oxygens (including phenoxy) is 1. The van der Waals surface area contributed by atoms with E-state index in [4.69, 9.17) is 19.7 Å². The van der Waals surface area contributed by atoms with Crippen LogP contribution in [-0.2, 0) is 4.74 Å². The molecule has 0 saturated carbocycles. The Bertz CT molecular complexity index is 1460. The molecule has 0 bridgehead atoms. The zero-order chi connectivity index (χ0) is 23.8. The first kappa shape index (κ1) is 21.4. The van der Waals surface area contributed by atoms with Crippen molar-refractivity contribution in [3.05, 3.63) is 91.4 Å². The van der Waals surface area contributed by atoms with E-state index < -0.39 is 29.0 Å². The van der Waals surface area contributed by atoms with Gasteiger partial charge in [0, 0.05) is 11.1 Å². The minimum Gasteiger partial charge on any atom is -0.405 e. The first-order valence-electron chi connectivity index (χ1n) is 8.39. The van der Waals surface area contributed by atoms with Crippen molar-refractivity contribution < 1.29 is 17.9 Å². The van der Waals surface area contributed by atoms with Crippen molar-refractivity contribution in [3.8, 4) is 18.2 Å². The molecule has 0 aromatic heterocycles. The lowest BCUT2D eigenvalue weighted by Crippen LogP contribution is -2.13. The van der Waals surface area contributed by atoms with Crippen LogP contribution in [0.3, 0.4) is 0 Å². The molecule has 0 fully saturated rings. The molecule has 0 heterocycles. The van der Waals surface area contributed by atoms with E-state index in [1.807, 2.05) is 0 Å². The molecule has 0 radical (unpaired) electrons. The second-order valence-electron chi connectivity index (χ2n) is 6.29. The Morgan fingerprint density at radius 3 is 1.91 bits per heavy atom. The lowest BCUT2D eigenvalue weighted by atomic mass is 9.93. The van der Waals surface area contributed by atoms with Crippen LogP contribution in [0, 0.1) is 53.7 Å². The highest BCUT2D eigenvalue weighted by Crippen LogP contribution is 2.51. The number of hydrogen-bond donors (Lipinski definition) is 0. The largest absolute Gasteiger partial charge is 0.573 e. The summed E-state index contributed by atoms with van der Waals surface area (Å²) in [5.74, 6) is -0.993. The van der Waals surface area contributed by atoms with Crippen LogP contribution >= 0.6 is 0 Å². The van der Waals surface area contributed by atoms with E-state index in [1.165, 1.54) is 25.1 Å². The predicted octanol–water partition coefficient (Wildman–Crippen LogP) is 5.44. The Balaban J connectivity index is 2.51. The summed E-state index contributed by atoms with van der Waals surface area (Å²) in [6.45, 7) is 23.4. The maximum absolute atomic E-state index is 13.1. The fourth-order valence-electron chi connectivity index (χ4n) is 3.59. The smallest absolute Gasteiger partial charge is 0.405 e. The normalized spacial score (nSPS) is 17.1. The third-order valence-electron chi connectivity index (χ3n) is 4.76. The van der Waals surface area contributed by atoms with Gasteiger partial charge in [0.15, 0.2) is 5.70 Å². The monoisotopic (exact) mass is 426 g/mol. The lowest BCUT2D eigenvalue weighted by molar-refractivity contribution is -0.302. The Labute approximate surface area is 179 Å². The van der Waals surface area contributed by atoms with Crippen LogP contribution in [0.5, 0.6) is 0 Å². The van der Waals surface area contributed by atoms with Gasteiger partial charge in [-0.2, -0.15) is 5.26 Å². The molecule has 3 rings (SSSR count). The van der Waals surface area contributed by atoms with Crippen LogP contribution in [-0.4, -0.2) is 6.36 Å². The quantitative estimate of drug-likeness (QED) is 0.441. The topological polar surface area (TPSA) is 93.7 Å². The van der Waals surface area contributed by atoms with E-state index in [9.17, 15) is 29.0 Å². The Morgan fingerprint density at radius 2 is 1.44 bits per heavy atom. The van der Waals surface area contributed by atoms with Gasteiger partial charge in [-0.05, 0) is 40.8 Å². The third-order valence-corrected chi connectivity index (χ3v) is 4.76. The number of allylic oxidation sites excluding steroid dienone is 6. The summed E-state index contributed by atoms with van der Waals surface area (Å²) in [6.07, 6.45) is -5.21. The van der Waals surface area contributed by atoms with Crippen LogP contribution < -0.4 is 0 Å². The van der Waals surface area contributed by atoms with Gasteiger partial charge in [0.1, 0.15) is 17.4 Å². The number of benzene rings is 1. The molecule has 0 unspecified atom stereocenters. The predicted molar refractivity (Wildman–Crippen MR) is 104 cm³/mol. The summed E-state index contributed by atoms with van der Waals surface area (Å²) >= 11 is 0. The van der Waals surface area contributed by atoms with Crippen molar-refractivity contribution >= 4 is 22.4 Å². The maximum Gasteiger partial charge on any atom is 0.573 e. The average Bonchev–Trinajstić information content (AvgIpc) is 3.18. The van der Waals surface area contributed by atoms with E-state index >= 15 is 0 Å². The number of hydrogen-bond acceptors (Lipinski definition) is 4. The van der Waals surface area contributed by atoms with Crippen molar-refractivity contribution in [3.63, 3.8) is 0 Å². The van der Waals surface area contributed by atoms with Crippen LogP contribution in [0.2, 0.25) is 0 Å². The highest BCUT2D eigenvalue weighted by molar-refractivity contribution is 6.10. The number of fused-ring (bicyclic) bond motifs is 2. The van der Waals surface area contributed by atoms with Gasteiger partial charge in [-0.15, -0.1) is 13.2 Å². The molecule has 7 nitrogen and oxygen atoms in total. The summed E-state index contributed by atoms with van der Waals surface area (Å²) in [4.78, 5) is 9.54. The van der Waals surface area contributed by atoms with E-state index in [0.717, 1.165) is 0 Å². The second kappa shape index (κ2) is 7.51. The van der Waals surface area contributed by atoms with Crippen molar-refractivity contribution in [2.75, 3.05) is 0 Å². The maximum atomic E-state index is 13.1. The first-order chi connectivity index (χ1) is 15.2. The van der Waals surface area contributed by atoms with Crippen LogP contribution in [0.25, 0.3) is 37.0 Å². The summed E-state index contributed by atoms with van der Waals surface area (Å²) in [5.41, 5.74) is -1.38. The number of rotatable bonds is 1. The average molecular weight is 426 g/mol. The minimum absolute atomic E-state index is 0.0616. The highest BCUT2D eigenvalue weighted by Gasteiger charge is 2.41. The Morgan fingerprint density at radius 1 is 0.906 bits per heavy atom. The molecule has 2 aliphatic rings. The van der Waals surface area contributed by atoms with E-state index in [0.29, 0.717) is 5.57 Å². The van der Waals surface area contributed by atoms with Gasteiger partial charge in [0.25, 0.3) is 11.4 Å². The van der Waals surface area contributed by atoms with Crippen molar-refractivity contribution in [2.45, 2.75) is 13.3 Å². The molecule has 0 atom stereocenters. The van der Waals surface area contributed by atoms with Crippen molar-refractivity contribution in [1.29, 1.82) is 15.8 Å². The third kappa shape index (κ3) is 3.03. The van der Waals surface area contributed by atoms with Gasteiger partial charge in [-0.25, -0.2) is 25.1 Å². The summed E-state index contributed by atoms with van der Waals surface area (Å²) in [7, 11) is 0. The fourth-order valence-corrected chi connectivity index (χ4v) is 3.59. The highest BCUT2D eigenvalue weighted by atomic mass is 19.4. The van der Waals surface area contributed by atoms with Crippen molar-refractivity contribution in [2.24, 2.45) is 0 Å². The molecule has 10 heteroatoms. The lowest BCUT2D eigenvalue weighted by Gasteiger charge is -2.13.